The van der Waals surface area contributed by atoms with E-state index in [0.29, 0.717) is 17.9 Å². The Morgan fingerprint density at radius 3 is 3.00 bits per heavy atom. The monoisotopic (exact) mass is 315 g/mol. The lowest BCUT2D eigenvalue weighted by Crippen LogP contribution is -2.14. The van der Waals surface area contributed by atoms with Gasteiger partial charge in [-0.3, -0.25) is 4.79 Å². The molecule has 0 N–H and O–H groups in total. The molecule has 0 aliphatic carbocycles. The Hall–Kier alpha value is -1.40. The number of ketones is 1. The Morgan fingerprint density at radius 2 is 2.35 bits per heavy atom. The number of halogens is 1. The molecule has 1 aliphatic rings. The average Bonchev–Trinajstić information content (AvgIpc) is 2.86. The highest BCUT2D eigenvalue weighted by Gasteiger charge is 2.30. The molecule has 20 heavy (non-hydrogen) atoms. The molecule has 1 aliphatic heterocycles. The van der Waals surface area contributed by atoms with Crippen LogP contribution in [0.3, 0.4) is 0 Å². The van der Waals surface area contributed by atoms with Crippen molar-refractivity contribution >= 4 is 34.2 Å². The molecule has 1 heterocycles. The number of Topliss-reactive ketones (excluding diaryl/α,β-unsaturated/α-hetero) is 1. The third-order valence-corrected chi connectivity index (χ3v) is 3.58. The van der Waals surface area contributed by atoms with Crippen molar-refractivity contribution in [3.05, 3.63) is 29.3 Å². The van der Waals surface area contributed by atoms with E-state index in [0.717, 1.165) is 11.1 Å². The van der Waals surface area contributed by atoms with Crippen LogP contribution in [0.15, 0.2) is 23.4 Å². The van der Waals surface area contributed by atoms with E-state index >= 15 is 0 Å². The third kappa shape index (κ3) is 3.19. The van der Waals surface area contributed by atoms with Crippen LogP contribution in [0.5, 0.6) is 5.75 Å². The van der Waals surface area contributed by atoms with Gasteiger partial charge in [0.15, 0.2) is 11.9 Å². The lowest BCUT2D eigenvalue weighted by Gasteiger charge is -2.15. The van der Waals surface area contributed by atoms with Gasteiger partial charge < -0.3 is 9.02 Å². The van der Waals surface area contributed by atoms with Crippen molar-refractivity contribution in [3.8, 4) is 5.75 Å². The van der Waals surface area contributed by atoms with Crippen LogP contribution in [-0.2, 0) is 20.7 Å². The number of benzene rings is 1. The summed E-state index contributed by atoms with van der Waals surface area (Å²) in [5.74, 6) is 0.111. The van der Waals surface area contributed by atoms with Crippen LogP contribution in [0, 0.1) is 6.92 Å². The number of rotatable bonds is 5. The Morgan fingerprint density at radius 1 is 1.60 bits per heavy atom. The maximum absolute atomic E-state index is 11.5. The molecule has 7 heteroatoms. The van der Waals surface area contributed by atoms with Gasteiger partial charge >= 0.3 is 0 Å². The van der Waals surface area contributed by atoms with E-state index in [1.807, 2.05) is 19.1 Å². The van der Waals surface area contributed by atoms with Gasteiger partial charge in [0.25, 0.3) is 0 Å². The predicted octanol–water partition coefficient (Wildman–Crippen LogP) is 2.29. The molecule has 0 radical (unpaired) electrons. The number of nitrogens with zero attached hydrogens (tertiary/aromatic N) is 1. The highest BCUT2D eigenvalue weighted by atomic mass is 35.5. The van der Waals surface area contributed by atoms with Crippen molar-refractivity contribution in [3.63, 3.8) is 0 Å². The minimum absolute atomic E-state index is 0.120. The Balaban J connectivity index is 2.26. The second-order valence-electron chi connectivity index (χ2n) is 4.36. The zero-order valence-electron chi connectivity index (χ0n) is 11.1. The normalized spacial score (nSPS) is 19.1. The molecule has 2 rings (SSSR count). The maximum atomic E-state index is 11.5. The van der Waals surface area contributed by atoms with Crippen molar-refractivity contribution in [2.75, 3.05) is 12.1 Å². The standard InChI is InChI=1S/C13H14ClNO4S/c1-8-4-3-5-11(19-20(2)17)13(8)12-6-9(15-18-12)10(16)7-14/h3-5,12H,6-7H2,1-2H3. The number of alkyl halides is 1. The summed E-state index contributed by atoms with van der Waals surface area (Å²) in [6.07, 6.45) is 1.36. The second kappa shape index (κ2) is 6.37. The van der Waals surface area contributed by atoms with E-state index in [9.17, 15) is 9.00 Å². The first-order valence-electron chi connectivity index (χ1n) is 5.96. The highest BCUT2D eigenvalue weighted by Crippen LogP contribution is 2.36. The first-order chi connectivity index (χ1) is 9.52. The van der Waals surface area contributed by atoms with Crippen LogP contribution in [0.1, 0.15) is 23.7 Å². The molecule has 2 unspecified atom stereocenters. The molecule has 2 atom stereocenters. The van der Waals surface area contributed by atoms with Crippen molar-refractivity contribution in [2.45, 2.75) is 19.4 Å². The first kappa shape index (κ1) is 15.0. The van der Waals surface area contributed by atoms with Gasteiger partial charge in [0.05, 0.1) is 5.88 Å². The van der Waals surface area contributed by atoms with Crippen LogP contribution in [0.2, 0.25) is 0 Å². The Kier molecular flexibility index (Phi) is 4.77. The largest absolute Gasteiger partial charge is 0.400 e. The summed E-state index contributed by atoms with van der Waals surface area (Å²) in [6.45, 7) is 1.89. The summed E-state index contributed by atoms with van der Waals surface area (Å²) in [7, 11) is 0. The molecular weight excluding hydrogens is 302 g/mol. The van der Waals surface area contributed by atoms with Gasteiger partial charge in [0.1, 0.15) is 11.5 Å². The van der Waals surface area contributed by atoms with Crippen molar-refractivity contribution in [1.29, 1.82) is 0 Å². The molecule has 0 saturated heterocycles. The van der Waals surface area contributed by atoms with Gasteiger partial charge in [-0.05, 0) is 18.6 Å². The SMILES string of the molecule is Cc1cccc(OS(C)=O)c1C1CC(C(=O)CCl)=NO1. The first-order valence-corrected chi connectivity index (χ1v) is 7.97. The summed E-state index contributed by atoms with van der Waals surface area (Å²) < 4.78 is 16.5. The molecular formula is C13H14ClNO4S. The summed E-state index contributed by atoms with van der Waals surface area (Å²) in [5, 5.41) is 3.78. The predicted molar refractivity (Wildman–Crippen MR) is 77.5 cm³/mol. The van der Waals surface area contributed by atoms with E-state index in [4.69, 9.17) is 20.6 Å². The average molecular weight is 316 g/mol. The van der Waals surface area contributed by atoms with E-state index < -0.39 is 17.2 Å². The Bertz CT molecular complexity index is 588. The van der Waals surface area contributed by atoms with Crippen molar-refractivity contribution in [1.82, 2.24) is 0 Å². The fourth-order valence-corrected chi connectivity index (χ4v) is 2.59. The molecule has 5 nitrogen and oxygen atoms in total. The lowest BCUT2D eigenvalue weighted by molar-refractivity contribution is -0.110. The zero-order chi connectivity index (χ0) is 14.7. The van der Waals surface area contributed by atoms with Crippen LogP contribution >= 0.6 is 11.6 Å². The molecule has 0 saturated carbocycles. The fraction of sp³-hybridized carbons (Fsp3) is 0.385. The van der Waals surface area contributed by atoms with Crippen molar-refractivity contribution in [2.24, 2.45) is 5.16 Å². The third-order valence-electron chi connectivity index (χ3n) is 2.93. The molecule has 0 bridgehead atoms. The minimum Gasteiger partial charge on any atom is -0.400 e. The van der Waals surface area contributed by atoms with Gasteiger partial charge in [0.2, 0.25) is 11.1 Å². The van der Waals surface area contributed by atoms with E-state index in [2.05, 4.69) is 5.16 Å². The Labute approximate surface area is 124 Å². The minimum atomic E-state index is -1.44. The van der Waals surface area contributed by atoms with E-state index in [1.54, 1.807) is 6.07 Å². The second-order valence-corrected chi connectivity index (χ2v) is 5.60. The fourth-order valence-electron chi connectivity index (χ4n) is 2.04. The highest BCUT2D eigenvalue weighted by molar-refractivity contribution is 7.79. The zero-order valence-corrected chi connectivity index (χ0v) is 12.7. The molecule has 0 amide bonds. The molecule has 1 aromatic carbocycles. The van der Waals surface area contributed by atoms with Crippen LogP contribution in [-0.4, -0.2) is 27.8 Å². The number of carbonyl (C=O) groups excluding carboxylic acids is 1. The van der Waals surface area contributed by atoms with Gasteiger partial charge in [0, 0.05) is 18.2 Å². The molecule has 0 fully saturated rings. The summed E-state index contributed by atoms with van der Waals surface area (Å²) >= 11 is 4.07. The summed E-state index contributed by atoms with van der Waals surface area (Å²) in [5.41, 5.74) is 1.99. The molecule has 1 aromatic rings. The number of aryl methyl sites for hydroxylation is 1. The van der Waals surface area contributed by atoms with E-state index in [1.165, 1.54) is 6.26 Å². The van der Waals surface area contributed by atoms with Crippen molar-refractivity contribution < 1.29 is 18.0 Å². The van der Waals surface area contributed by atoms with Crippen LogP contribution in [0.4, 0.5) is 0 Å². The molecule has 0 spiro atoms. The lowest BCUT2D eigenvalue weighted by atomic mass is 9.98. The van der Waals surface area contributed by atoms with Gasteiger partial charge in [-0.1, -0.05) is 17.3 Å². The van der Waals surface area contributed by atoms with Crippen LogP contribution < -0.4 is 4.18 Å². The molecule has 0 aromatic heterocycles. The topological polar surface area (TPSA) is 65.0 Å². The van der Waals surface area contributed by atoms with Gasteiger partial charge in [-0.25, -0.2) is 4.21 Å². The van der Waals surface area contributed by atoms with E-state index in [-0.39, 0.29) is 11.7 Å². The smallest absolute Gasteiger partial charge is 0.203 e. The number of oxime groups is 1. The van der Waals surface area contributed by atoms with Gasteiger partial charge in [-0.15, -0.1) is 11.6 Å². The maximum Gasteiger partial charge on any atom is 0.203 e. The number of carbonyl (C=O) groups is 1. The van der Waals surface area contributed by atoms with Crippen LogP contribution in [0.25, 0.3) is 0 Å². The summed E-state index contributed by atoms with van der Waals surface area (Å²) in [6, 6.07) is 5.42. The quantitative estimate of drug-likeness (QED) is 0.782. The van der Waals surface area contributed by atoms with Gasteiger partial charge in [-0.2, -0.15) is 0 Å². The summed E-state index contributed by atoms with van der Waals surface area (Å²) in [4.78, 5) is 16.8. The number of hydrogen-bond donors (Lipinski definition) is 0. The molecule has 108 valence electrons. The number of hydrogen-bond acceptors (Lipinski definition) is 5.